The molecule has 0 saturated carbocycles. The van der Waals surface area contributed by atoms with Gasteiger partial charge in [-0.1, -0.05) is 18.2 Å². The summed E-state index contributed by atoms with van der Waals surface area (Å²) in [7, 11) is -2.55. The third-order valence-corrected chi connectivity index (χ3v) is 7.39. The van der Waals surface area contributed by atoms with Crippen LogP contribution in [-0.4, -0.2) is 50.8 Å². The van der Waals surface area contributed by atoms with Crippen molar-refractivity contribution in [1.29, 1.82) is 0 Å². The van der Waals surface area contributed by atoms with E-state index in [4.69, 9.17) is 4.74 Å². The Balaban J connectivity index is 1.57. The van der Waals surface area contributed by atoms with E-state index < -0.39 is 16.1 Å². The second-order valence-electron chi connectivity index (χ2n) is 7.55. The Kier molecular flexibility index (Phi) is 5.03. The SMILES string of the molecule is Cc1cc2c(cc1S(=O)(=O)N(C)CC(=O)N1CCc3ccccc31)OC(C)C(=O)N2. The zero-order chi connectivity index (χ0) is 21.6. The van der Waals surface area contributed by atoms with Gasteiger partial charge >= 0.3 is 0 Å². The molecule has 0 saturated heterocycles. The molecule has 2 aliphatic rings. The topological polar surface area (TPSA) is 96.0 Å². The maximum atomic E-state index is 13.2. The zero-order valence-corrected chi connectivity index (χ0v) is 17.8. The number of likely N-dealkylation sites (N-methyl/N-ethyl adjacent to an activating group) is 1. The number of hydrogen-bond acceptors (Lipinski definition) is 5. The van der Waals surface area contributed by atoms with Gasteiger partial charge in [0.2, 0.25) is 15.9 Å². The molecule has 9 heteroatoms. The zero-order valence-electron chi connectivity index (χ0n) is 17.0. The molecule has 1 N–H and O–H groups in total. The minimum Gasteiger partial charge on any atom is -0.479 e. The highest BCUT2D eigenvalue weighted by molar-refractivity contribution is 7.89. The number of aryl methyl sites for hydroxylation is 1. The van der Waals surface area contributed by atoms with Crippen LogP contribution >= 0.6 is 0 Å². The number of ether oxygens (including phenoxy) is 1. The summed E-state index contributed by atoms with van der Waals surface area (Å²) < 4.78 is 33.0. The number of sulfonamides is 1. The van der Waals surface area contributed by atoms with Crippen LogP contribution in [0.5, 0.6) is 5.75 Å². The predicted molar refractivity (Wildman–Crippen MR) is 112 cm³/mol. The van der Waals surface area contributed by atoms with Gasteiger partial charge in [0.25, 0.3) is 5.91 Å². The molecule has 0 radical (unpaired) electrons. The largest absolute Gasteiger partial charge is 0.479 e. The molecule has 2 heterocycles. The minimum absolute atomic E-state index is 0.0433. The third-order valence-electron chi connectivity index (χ3n) is 5.44. The number of carbonyl (C=O) groups is 2. The molecule has 0 fully saturated rings. The molecule has 30 heavy (non-hydrogen) atoms. The minimum atomic E-state index is -3.94. The van der Waals surface area contributed by atoms with Crippen molar-refractivity contribution in [1.82, 2.24) is 4.31 Å². The van der Waals surface area contributed by atoms with Crippen LogP contribution in [0.2, 0.25) is 0 Å². The second kappa shape index (κ2) is 7.41. The number of carbonyl (C=O) groups excluding carboxylic acids is 2. The Hall–Kier alpha value is -2.91. The number of nitrogens with one attached hydrogen (secondary N) is 1. The highest BCUT2D eigenvalue weighted by Gasteiger charge is 2.32. The summed E-state index contributed by atoms with van der Waals surface area (Å²) in [6.07, 6.45) is 0.0362. The van der Waals surface area contributed by atoms with Crippen LogP contribution in [0, 0.1) is 6.92 Å². The molecule has 2 amide bonds. The van der Waals surface area contributed by atoms with E-state index in [1.54, 1.807) is 24.8 Å². The average molecular weight is 429 g/mol. The highest BCUT2D eigenvalue weighted by atomic mass is 32.2. The number of rotatable bonds is 4. The van der Waals surface area contributed by atoms with Gasteiger partial charge in [0.1, 0.15) is 5.75 Å². The van der Waals surface area contributed by atoms with E-state index in [0.29, 0.717) is 23.5 Å². The molecule has 0 aromatic heterocycles. The molecule has 0 spiro atoms. The normalized spacial score (nSPS) is 17.9. The molecule has 2 aromatic rings. The Bertz CT molecular complexity index is 1150. The molecule has 4 rings (SSSR count). The summed E-state index contributed by atoms with van der Waals surface area (Å²) in [5.74, 6) is -0.274. The predicted octanol–water partition coefficient (Wildman–Crippen LogP) is 1.92. The lowest BCUT2D eigenvalue weighted by Crippen LogP contribution is -2.40. The fourth-order valence-corrected chi connectivity index (χ4v) is 5.08. The van der Waals surface area contributed by atoms with Gasteiger partial charge in [-0.2, -0.15) is 4.31 Å². The van der Waals surface area contributed by atoms with Crippen molar-refractivity contribution in [2.45, 2.75) is 31.3 Å². The standard InChI is InChI=1S/C21H23N3O5S/c1-13-10-16-18(29-14(2)21(26)22-16)11-19(13)30(27,28)23(3)12-20(25)24-9-8-15-6-4-5-7-17(15)24/h4-7,10-11,14H,8-9,12H2,1-3H3,(H,22,26). The fourth-order valence-electron chi connectivity index (χ4n) is 3.75. The van der Waals surface area contributed by atoms with Gasteiger partial charge < -0.3 is 15.0 Å². The lowest BCUT2D eigenvalue weighted by Gasteiger charge is -2.26. The first-order valence-corrected chi connectivity index (χ1v) is 11.1. The van der Waals surface area contributed by atoms with Crippen LogP contribution in [0.3, 0.4) is 0 Å². The van der Waals surface area contributed by atoms with Gasteiger partial charge in [0.05, 0.1) is 17.1 Å². The Morgan fingerprint density at radius 3 is 2.80 bits per heavy atom. The number of anilines is 2. The highest BCUT2D eigenvalue weighted by Crippen LogP contribution is 2.35. The summed E-state index contributed by atoms with van der Waals surface area (Å²) in [6, 6.07) is 10.6. The number of para-hydroxylation sites is 1. The van der Waals surface area contributed by atoms with Crippen molar-refractivity contribution in [2.75, 3.05) is 30.4 Å². The van der Waals surface area contributed by atoms with Crippen LogP contribution in [0.25, 0.3) is 0 Å². The molecule has 0 aliphatic carbocycles. The van der Waals surface area contributed by atoms with Crippen LogP contribution in [0.1, 0.15) is 18.1 Å². The second-order valence-corrected chi connectivity index (χ2v) is 9.56. The fraction of sp³-hybridized carbons (Fsp3) is 0.333. The van der Waals surface area contributed by atoms with Gasteiger partial charge in [0.15, 0.2) is 6.10 Å². The van der Waals surface area contributed by atoms with Crippen LogP contribution in [0.4, 0.5) is 11.4 Å². The number of benzene rings is 2. The van der Waals surface area contributed by atoms with Crippen LogP contribution < -0.4 is 15.0 Å². The van der Waals surface area contributed by atoms with Crippen LogP contribution in [0.15, 0.2) is 41.3 Å². The Morgan fingerprint density at radius 1 is 1.30 bits per heavy atom. The van der Waals surface area contributed by atoms with E-state index >= 15 is 0 Å². The van der Waals surface area contributed by atoms with Gasteiger partial charge in [-0.25, -0.2) is 8.42 Å². The number of hydrogen-bond donors (Lipinski definition) is 1. The van der Waals surface area contributed by atoms with Crippen LogP contribution in [-0.2, 0) is 26.0 Å². The number of amides is 2. The summed E-state index contributed by atoms with van der Waals surface area (Å²) in [5, 5.41) is 2.70. The van der Waals surface area contributed by atoms with E-state index in [9.17, 15) is 18.0 Å². The molecule has 0 bridgehead atoms. The van der Waals surface area contributed by atoms with Gasteiger partial charge in [0, 0.05) is 25.3 Å². The summed E-state index contributed by atoms with van der Waals surface area (Å²) in [6.45, 7) is 3.49. The molecule has 2 aromatic carbocycles. The molecule has 1 atom stereocenters. The summed E-state index contributed by atoms with van der Waals surface area (Å²) in [4.78, 5) is 26.3. The first-order valence-electron chi connectivity index (χ1n) is 9.65. The van der Waals surface area contributed by atoms with Crippen molar-refractivity contribution >= 4 is 33.2 Å². The van der Waals surface area contributed by atoms with Crippen molar-refractivity contribution in [3.63, 3.8) is 0 Å². The van der Waals surface area contributed by atoms with Gasteiger partial charge in [-0.3, -0.25) is 9.59 Å². The van der Waals surface area contributed by atoms with Gasteiger partial charge in [-0.15, -0.1) is 0 Å². The van der Waals surface area contributed by atoms with Crippen molar-refractivity contribution in [2.24, 2.45) is 0 Å². The molecule has 2 aliphatic heterocycles. The molecule has 1 unspecified atom stereocenters. The maximum Gasteiger partial charge on any atom is 0.265 e. The number of nitrogens with zero attached hydrogens (tertiary/aromatic N) is 2. The summed E-state index contributed by atoms with van der Waals surface area (Å²) in [5.41, 5.74) is 2.80. The molecular formula is C21H23N3O5S. The van der Waals surface area contributed by atoms with E-state index in [1.807, 2.05) is 24.3 Å². The number of fused-ring (bicyclic) bond motifs is 2. The van der Waals surface area contributed by atoms with E-state index in [2.05, 4.69) is 5.32 Å². The van der Waals surface area contributed by atoms with Gasteiger partial charge in [-0.05, 0) is 43.5 Å². The van der Waals surface area contributed by atoms with Crippen molar-refractivity contribution < 1.29 is 22.7 Å². The monoisotopic (exact) mass is 429 g/mol. The molecule has 158 valence electrons. The third kappa shape index (κ3) is 3.44. The van der Waals surface area contributed by atoms with Crippen molar-refractivity contribution in [3.05, 3.63) is 47.5 Å². The molecule has 8 nitrogen and oxygen atoms in total. The van der Waals surface area contributed by atoms with E-state index in [-0.39, 0.29) is 23.3 Å². The quantitative estimate of drug-likeness (QED) is 0.801. The van der Waals surface area contributed by atoms with Crippen molar-refractivity contribution in [3.8, 4) is 5.75 Å². The smallest absolute Gasteiger partial charge is 0.265 e. The summed E-state index contributed by atoms with van der Waals surface area (Å²) >= 11 is 0. The molecular weight excluding hydrogens is 406 g/mol. The van der Waals surface area contributed by atoms with E-state index in [0.717, 1.165) is 22.0 Å². The first kappa shape index (κ1) is 20.4. The lowest BCUT2D eigenvalue weighted by molar-refractivity contribution is -0.122. The Morgan fingerprint density at radius 2 is 2.03 bits per heavy atom. The van der Waals surface area contributed by atoms with E-state index in [1.165, 1.54) is 13.1 Å². The maximum absolute atomic E-state index is 13.2. The lowest BCUT2D eigenvalue weighted by atomic mass is 10.1. The average Bonchev–Trinajstić information content (AvgIpc) is 3.13. The Labute approximate surface area is 175 Å². The first-order chi connectivity index (χ1) is 14.2.